The molecule has 9 nitrogen and oxygen atoms in total. The molecule has 0 aliphatic heterocycles. The average Bonchev–Trinajstić information content (AvgIpc) is 2.66. The Morgan fingerprint density at radius 3 is 2.67 bits per heavy atom. The smallest absolute Gasteiger partial charge is 0.310 e. The van der Waals surface area contributed by atoms with Gasteiger partial charge in [0, 0.05) is 6.07 Å². The molecule has 0 saturated carbocycles. The maximum atomic E-state index is 11.8. The van der Waals surface area contributed by atoms with E-state index in [1.165, 1.54) is 31.5 Å². The van der Waals surface area contributed by atoms with Crippen molar-refractivity contribution in [2.75, 3.05) is 20.8 Å². The van der Waals surface area contributed by atoms with Crippen molar-refractivity contribution in [3.8, 4) is 17.2 Å². The molecular weight excluding hydrogens is 469 g/mol. The number of carbonyl (C=O) groups is 1. The van der Waals surface area contributed by atoms with Gasteiger partial charge in [0.25, 0.3) is 5.91 Å². The van der Waals surface area contributed by atoms with Crippen LogP contribution < -0.4 is 19.6 Å². The van der Waals surface area contributed by atoms with Crippen LogP contribution in [0.1, 0.15) is 5.56 Å². The highest BCUT2D eigenvalue weighted by atomic mass is 127. The van der Waals surface area contributed by atoms with Crippen LogP contribution in [0.4, 0.5) is 5.69 Å². The number of ether oxygens (including phenoxy) is 3. The normalized spacial score (nSPS) is 10.5. The molecule has 0 saturated heterocycles. The molecule has 2 aromatic rings. The standard InChI is InChI=1S/C17H16IN3O6/c1-25-15-8-11(7-12(18)17(15)26-2)9-19-20-16(22)10-27-14-6-4-3-5-13(14)21(23)24/h3-9H,10H2,1-2H3,(H,20,22)/b19-9+. The van der Waals surface area contributed by atoms with Gasteiger partial charge < -0.3 is 14.2 Å². The van der Waals surface area contributed by atoms with Gasteiger partial charge in [-0.05, 0) is 46.4 Å². The number of nitrogens with one attached hydrogen (secondary N) is 1. The van der Waals surface area contributed by atoms with Crippen molar-refractivity contribution in [1.29, 1.82) is 0 Å². The van der Waals surface area contributed by atoms with E-state index in [0.29, 0.717) is 17.1 Å². The first-order valence-corrected chi connectivity index (χ1v) is 8.63. The molecule has 0 bridgehead atoms. The van der Waals surface area contributed by atoms with E-state index < -0.39 is 17.4 Å². The van der Waals surface area contributed by atoms with Gasteiger partial charge in [-0.3, -0.25) is 14.9 Å². The van der Waals surface area contributed by atoms with E-state index in [4.69, 9.17) is 14.2 Å². The molecule has 0 fully saturated rings. The van der Waals surface area contributed by atoms with E-state index in [0.717, 1.165) is 3.57 Å². The Labute approximate surface area is 168 Å². The van der Waals surface area contributed by atoms with Crippen molar-refractivity contribution >= 4 is 40.4 Å². The maximum absolute atomic E-state index is 11.8. The molecule has 1 N–H and O–H groups in total. The monoisotopic (exact) mass is 485 g/mol. The molecule has 10 heteroatoms. The molecule has 27 heavy (non-hydrogen) atoms. The fourth-order valence-electron chi connectivity index (χ4n) is 2.10. The summed E-state index contributed by atoms with van der Waals surface area (Å²) in [7, 11) is 3.07. The molecule has 0 heterocycles. The number of para-hydroxylation sites is 2. The molecule has 1 amide bonds. The van der Waals surface area contributed by atoms with Gasteiger partial charge in [-0.1, -0.05) is 12.1 Å². The number of hydrogen-bond acceptors (Lipinski definition) is 7. The minimum absolute atomic E-state index is 0.0103. The molecule has 0 atom stereocenters. The van der Waals surface area contributed by atoms with Crippen molar-refractivity contribution in [1.82, 2.24) is 5.43 Å². The number of rotatable bonds is 8. The van der Waals surface area contributed by atoms with Crippen molar-refractivity contribution in [3.63, 3.8) is 0 Å². The zero-order valence-electron chi connectivity index (χ0n) is 14.5. The topological polar surface area (TPSA) is 112 Å². The van der Waals surface area contributed by atoms with E-state index in [1.807, 2.05) is 0 Å². The second kappa shape index (κ2) is 9.71. The lowest BCUT2D eigenvalue weighted by molar-refractivity contribution is -0.385. The number of benzene rings is 2. The number of carbonyl (C=O) groups excluding carboxylic acids is 1. The van der Waals surface area contributed by atoms with Crippen LogP contribution in [0.2, 0.25) is 0 Å². The summed E-state index contributed by atoms with van der Waals surface area (Å²) in [5.41, 5.74) is 2.77. The number of halogens is 1. The fourth-order valence-corrected chi connectivity index (χ4v) is 2.94. The van der Waals surface area contributed by atoms with Crippen LogP contribution in [0.5, 0.6) is 17.2 Å². The molecule has 0 aromatic heterocycles. The first-order valence-electron chi connectivity index (χ1n) is 7.56. The van der Waals surface area contributed by atoms with Gasteiger partial charge in [0.1, 0.15) is 0 Å². The van der Waals surface area contributed by atoms with Gasteiger partial charge in [-0.15, -0.1) is 0 Å². The summed E-state index contributed by atoms with van der Waals surface area (Å²) in [4.78, 5) is 22.1. The number of nitro groups is 1. The summed E-state index contributed by atoms with van der Waals surface area (Å²) in [5.74, 6) is 0.602. The average molecular weight is 485 g/mol. The van der Waals surface area contributed by atoms with E-state index in [-0.39, 0.29) is 11.4 Å². The molecule has 0 unspecified atom stereocenters. The van der Waals surface area contributed by atoms with Crippen LogP contribution >= 0.6 is 22.6 Å². The highest BCUT2D eigenvalue weighted by molar-refractivity contribution is 14.1. The number of amides is 1. The number of nitro benzene ring substituents is 1. The van der Waals surface area contributed by atoms with Crippen LogP contribution in [0.25, 0.3) is 0 Å². The second-order valence-electron chi connectivity index (χ2n) is 5.04. The maximum Gasteiger partial charge on any atom is 0.310 e. The predicted octanol–water partition coefficient (Wildman–Crippen LogP) is 2.75. The summed E-state index contributed by atoms with van der Waals surface area (Å²) in [6.45, 7) is -0.411. The molecule has 142 valence electrons. The zero-order chi connectivity index (χ0) is 19.8. The minimum Gasteiger partial charge on any atom is -0.493 e. The van der Waals surface area contributed by atoms with Crippen LogP contribution in [-0.2, 0) is 4.79 Å². The van der Waals surface area contributed by atoms with E-state index >= 15 is 0 Å². The van der Waals surface area contributed by atoms with E-state index in [2.05, 4.69) is 33.1 Å². The first kappa shape index (κ1) is 20.4. The summed E-state index contributed by atoms with van der Waals surface area (Å²) in [6, 6.07) is 9.32. The van der Waals surface area contributed by atoms with Gasteiger partial charge in [0.15, 0.2) is 23.9 Å². The van der Waals surface area contributed by atoms with Gasteiger partial charge >= 0.3 is 5.69 Å². The van der Waals surface area contributed by atoms with Crippen molar-refractivity contribution in [2.45, 2.75) is 0 Å². The highest BCUT2D eigenvalue weighted by Crippen LogP contribution is 2.33. The summed E-state index contributed by atoms with van der Waals surface area (Å²) < 4.78 is 16.5. The minimum atomic E-state index is -0.579. The first-order chi connectivity index (χ1) is 13.0. The second-order valence-corrected chi connectivity index (χ2v) is 6.21. The molecule has 0 radical (unpaired) electrons. The van der Waals surface area contributed by atoms with Crippen molar-refractivity contribution in [2.24, 2.45) is 5.10 Å². The van der Waals surface area contributed by atoms with E-state index in [1.54, 1.807) is 25.3 Å². The molecular formula is C17H16IN3O6. The Morgan fingerprint density at radius 1 is 1.26 bits per heavy atom. The number of methoxy groups -OCH3 is 2. The molecule has 2 aromatic carbocycles. The Hall–Kier alpha value is -2.89. The molecule has 0 aliphatic rings. The zero-order valence-corrected chi connectivity index (χ0v) is 16.6. The van der Waals surface area contributed by atoms with Gasteiger partial charge in [-0.25, -0.2) is 5.43 Å². The Morgan fingerprint density at radius 2 is 2.00 bits per heavy atom. The lowest BCUT2D eigenvalue weighted by atomic mass is 10.2. The van der Waals surface area contributed by atoms with Gasteiger partial charge in [0.2, 0.25) is 0 Å². The van der Waals surface area contributed by atoms with Gasteiger partial charge in [-0.2, -0.15) is 5.10 Å². The number of hydrogen-bond donors (Lipinski definition) is 1. The lowest BCUT2D eigenvalue weighted by Crippen LogP contribution is -2.24. The van der Waals surface area contributed by atoms with Crippen LogP contribution in [0.3, 0.4) is 0 Å². The third kappa shape index (κ3) is 5.54. The summed E-state index contributed by atoms with van der Waals surface area (Å²) >= 11 is 2.10. The van der Waals surface area contributed by atoms with Crippen molar-refractivity contribution < 1.29 is 23.9 Å². The molecule has 2 rings (SSSR count). The Kier molecular flexibility index (Phi) is 7.34. The Bertz CT molecular complexity index is 872. The molecule has 0 aliphatic carbocycles. The lowest BCUT2D eigenvalue weighted by Gasteiger charge is -2.10. The van der Waals surface area contributed by atoms with Crippen LogP contribution in [0, 0.1) is 13.7 Å². The summed E-state index contributed by atoms with van der Waals surface area (Å²) in [6.07, 6.45) is 1.44. The van der Waals surface area contributed by atoms with Crippen LogP contribution in [-0.4, -0.2) is 37.9 Å². The van der Waals surface area contributed by atoms with Crippen molar-refractivity contribution in [3.05, 3.63) is 55.6 Å². The highest BCUT2D eigenvalue weighted by Gasteiger charge is 2.14. The quantitative estimate of drug-likeness (QED) is 0.267. The third-order valence-corrected chi connectivity index (χ3v) is 4.08. The van der Waals surface area contributed by atoms with E-state index in [9.17, 15) is 14.9 Å². The Balaban J connectivity index is 1.96. The predicted molar refractivity (Wildman–Crippen MR) is 107 cm³/mol. The fraction of sp³-hybridized carbons (Fsp3) is 0.176. The molecule has 0 spiro atoms. The summed E-state index contributed by atoms with van der Waals surface area (Å²) in [5, 5.41) is 14.7. The largest absolute Gasteiger partial charge is 0.493 e. The van der Waals surface area contributed by atoms with Gasteiger partial charge in [0.05, 0.1) is 28.9 Å². The number of nitrogens with zero attached hydrogens (tertiary/aromatic N) is 2. The third-order valence-electron chi connectivity index (χ3n) is 3.28. The number of hydrazone groups is 1. The van der Waals surface area contributed by atoms with Crippen LogP contribution in [0.15, 0.2) is 41.5 Å². The SMILES string of the molecule is COc1cc(/C=N/NC(=O)COc2ccccc2[N+](=O)[O-])cc(I)c1OC.